The van der Waals surface area contributed by atoms with Gasteiger partial charge in [-0.3, -0.25) is 9.36 Å². The molecule has 2 aromatic heterocycles. The van der Waals surface area contributed by atoms with E-state index in [1.54, 1.807) is 17.0 Å². The molecule has 0 N–H and O–H groups in total. The van der Waals surface area contributed by atoms with Gasteiger partial charge < -0.3 is 0 Å². The number of rotatable bonds is 2. The number of para-hydroxylation sites is 3. The van der Waals surface area contributed by atoms with Gasteiger partial charge >= 0.3 is 0 Å². The summed E-state index contributed by atoms with van der Waals surface area (Å²) >= 11 is 0. The SMILES string of the molecule is O=c1c2ccccc2ncn1-c1ccccc1.c1ccc(-c2ncc3ccccc3n2)cc1. The molecule has 4 aromatic carbocycles. The largest absolute Gasteiger partial charge is 0.268 e. The fourth-order valence-corrected chi connectivity index (χ4v) is 3.54. The molecule has 5 heteroatoms. The van der Waals surface area contributed by atoms with E-state index in [4.69, 9.17) is 0 Å². The second-order valence-electron chi connectivity index (χ2n) is 7.39. The maximum atomic E-state index is 12.3. The summed E-state index contributed by atoms with van der Waals surface area (Å²) in [7, 11) is 0. The van der Waals surface area contributed by atoms with Crippen LogP contribution in [0.4, 0.5) is 0 Å². The van der Waals surface area contributed by atoms with Crippen molar-refractivity contribution in [3.8, 4) is 17.1 Å². The molecular weight excluding hydrogens is 408 g/mol. The second kappa shape index (κ2) is 9.24. The zero-order chi connectivity index (χ0) is 22.5. The van der Waals surface area contributed by atoms with Gasteiger partial charge in [-0.05, 0) is 30.3 Å². The van der Waals surface area contributed by atoms with Crippen LogP contribution in [0.15, 0.2) is 127 Å². The topological polar surface area (TPSA) is 60.7 Å². The van der Waals surface area contributed by atoms with Crippen molar-refractivity contribution in [1.29, 1.82) is 0 Å². The Labute approximate surface area is 190 Å². The van der Waals surface area contributed by atoms with E-state index < -0.39 is 0 Å². The van der Waals surface area contributed by atoms with Crippen molar-refractivity contribution in [3.63, 3.8) is 0 Å². The van der Waals surface area contributed by atoms with Gasteiger partial charge in [0.1, 0.15) is 6.33 Å². The summed E-state index contributed by atoms with van der Waals surface area (Å²) in [6.45, 7) is 0. The van der Waals surface area contributed by atoms with Crippen molar-refractivity contribution in [3.05, 3.63) is 132 Å². The average Bonchev–Trinajstić information content (AvgIpc) is 2.90. The summed E-state index contributed by atoms with van der Waals surface area (Å²) in [5.41, 5.74) is 3.55. The fraction of sp³-hybridized carbons (Fsp3) is 0. The van der Waals surface area contributed by atoms with E-state index in [9.17, 15) is 4.79 Å². The molecule has 0 bridgehead atoms. The summed E-state index contributed by atoms with van der Waals surface area (Å²) < 4.78 is 1.56. The van der Waals surface area contributed by atoms with Crippen molar-refractivity contribution in [2.24, 2.45) is 0 Å². The van der Waals surface area contributed by atoms with Crippen molar-refractivity contribution >= 4 is 21.8 Å². The lowest BCUT2D eigenvalue weighted by Gasteiger charge is -2.05. The molecule has 0 aliphatic heterocycles. The molecule has 5 nitrogen and oxygen atoms in total. The van der Waals surface area contributed by atoms with Crippen molar-refractivity contribution < 1.29 is 0 Å². The van der Waals surface area contributed by atoms with Crippen LogP contribution in [0.1, 0.15) is 0 Å². The summed E-state index contributed by atoms with van der Waals surface area (Å²) in [5.74, 6) is 0.777. The fourth-order valence-electron chi connectivity index (χ4n) is 3.54. The van der Waals surface area contributed by atoms with E-state index in [1.165, 1.54) is 0 Å². The lowest BCUT2D eigenvalue weighted by atomic mass is 10.2. The Morgan fingerprint density at radius 1 is 0.606 bits per heavy atom. The number of hydrogen-bond acceptors (Lipinski definition) is 4. The third-order valence-electron chi connectivity index (χ3n) is 5.22. The van der Waals surface area contributed by atoms with E-state index in [2.05, 4.69) is 15.0 Å². The smallest absolute Gasteiger partial charge is 0.265 e. The van der Waals surface area contributed by atoms with Crippen molar-refractivity contribution in [1.82, 2.24) is 19.5 Å². The molecule has 0 aliphatic rings. The predicted octanol–water partition coefficient (Wildman–Crippen LogP) is 5.68. The maximum Gasteiger partial charge on any atom is 0.265 e. The molecular formula is C28H20N4O. The predicted molar refractivity (Wildman–Crippen MR) is 132 cm³/mol. The minimum atomic E-state index is -0.0400. The highest BCUT2D eigenvalue weighted by Gasteiger charge is 2.04. The Hall–Kier alpha value is -4.64. The van der Waals surface area contributed by atoms with E-state index in [0.717, 1.165) is 33.5 Å². The Kier molecular flexibility index (Phi) is 5.68. The molecule has 0 saturated heterocycles. The minimum Gasteiger partial charge on any atom is -0.268 e. The van der Waals surface area contributed by atoms with Crippen LogP contribution >= 0.6 is 0 Å². The zero-order valence-corrected chi connectivity index (χ0v) is 17.7. The molecule has 0 atom stereocenters. The first-order valence-corrected chi connectivity index (χ1v) is 10.6. The van der Waals surface area contributed by atoms with Gasteiger partial charge in [0, 0.05) is 17.1 Å². The quantitative estimate of drug-likeness (QED) is 0.356. The van der Waals surface area contributed by atoms with Gasteiger partial charge in [0.15, 0.2) is 5.82 Å². The van der Waals surface area contributed by atoms with Crippen LogP contribution in [0, 0.1) is 0 Å². The average molecular weight is 428 g/mol. The number of nitrogens with zero attached hydrogens (tertiary/aromatic N) is 4. The summed E-state index contributed by atoms with van der Waals surface area (Å²) in [4.78, 5) is 25.4. The number of hydrogen-bond donors (Lipinski definition) is 0. The van der Waals surface area contributed by atoms with Gasteiger partial charge in [-0.15, -0.1) is 0 Å². The molecule has 0 saturated carbocycles. The molecule has 158 valence electrons. The molecule has 0 unspecified atom stereocenters. The minimum absolute atomic E-state index is 0.0400. The van der Waals surface area contributed by atoms with Crippen LogP contribution in [0.5, 0.6) is 0 Å². The summed E-state index contributed by atoms with van der Waals surface area (Å²) in [6.07, 6.45) is 3.44. The summed E-state index contributed by atoms with van der Waals surface area (Å²) in [5, 5.41) is 1.71. The molecule has 0 fully saturated rings. The van der Waals surface area contributed by atoms with E-state index in [0.29, 0.717) is 5.39 Å². The van der Waals surface area contributed by atoms with E-state index >= 15 is 0 Å². The molecule has 0 radical (unpaired) electrons. The van der Waals surface area contributed by atoms with Crippen LogP contribution in [0.3, 0.4) is 0 Å². The first kappa shape index (κ1) is 20.3. The van der Waals surface area contributed by atoms with Gasteiger partial charge in [-0.25, -0.2) is 15.0 Å². The highest BCUT2D eigenvalue weighted by molar-refractivity contribution is 5.79. The Balaban J connectivity index is 0.000000139. The highest BCUT2D eigenvalue weighted by Crippen LogP contribution is 2.17. The Morgan fingerprint density at radius 3 is 2.03 bits per heavy atom. The highest BCUT2D eigenvalue weighted by atomic mass is 16.1. The Morgan fingerprint density at radius 2 is 1.24 bits per heavy atom. The summed E-state index contributed by atoms with van der Waals surface area (Å²) in [6, 6.07) is 34.9. The third kappa shape index (κ3) is 4.38. The van der Waals surface area contributed by atoms with Gasteiger partial charge in [-0.2, -0.15) is 0 Å². The molecule has 0 aliphatic carbocycles. The lowest BCUT2D eigenvalue weighted by Crippen LogP contribution is -2.18. The van der Waals surface area contributed by atoms with Crippen LogP contribution in [0.25, 0.3) is 38.9 Å². The first-order chi connectivity index (χ1) is 16.3. The van der Waals surface area contributed by atoms with Gasteiger partial charge in [0.2, 0.25) is 0 Å². The van der Waals surface area contributed by atoms with Crippen molar-refractivity contribution in [2.45, 2.75) is 0 Å². The van der Waals surface area contributed by atoms with Crippen LogP contribution in [-0.4, -0.2) is 19.5 Å². The molecule has 0 spiro atoms. The molecule has 0 amide bonds. The Bertz CT molecular complexity index is 1580. The van der Waals surface area contributed by atoms with Crippen molar-refractivity contribution in [2.75, 3.05) is 0 Å². The zero-order valence-electron chi connectivity index (χ0n) is 17.7. The second-order valence-corrected chi connectivity index (χ2v) is 7.39. The maximum absolute atomic E-state index is 12.3. The standard InChI is InChI=1S/C14H10N2O.C14H10N2/c17-14-12-8-4-5-9-13(12)15-10-16(14)11-6-2-1-3-7-11;1-2-6-11(7-3-1)14-15-10-12-8-4-5-9-13(12)16-14/h1-10H;1-10H. The number of aromatic nitrogens is 4. The lowest BCUT2D eigenvalue weighted by molar-refractivity contribution is 0.963. The molecule has 6 rings (SSSR count). The van der Waals surface area contributed by atoms with Crippen LogP contribution in [-0.2, 0) is 0 Å². The molecule has 2 heterocycles. The molecule has 6 aromatic rings. The van der Waals surface area contributed by atoms with Gasteiger partial charge in [0.25, 0.3) is 5.56 Å². The van der Waals surface area contributed by atoms with Crippen LogP contribution < -0.4 is 5.56 Å². The normalized spacial score (nSPS) is 10.5. The van der Waals surface area contributed by atoms with Crippen LogP contribution in [0.2, 0.25) is 0 Å². The molecule has 33 heavy (non-hydrogen) atoms. The van der Waals surface area contributed by atoms with E-state index in [-0.39, 0.29) is 5.56 Å². The first-order valence-electron chi connectivity index (χ1n) is 10.6. The van der Waals surface area contributed by atoms with Gasteiger partial charge in [-0.1, -0.05) is 78.9 Å². The van der Waals surface area contributed by atoms with E-state index in [1.807, 2.05) is 109 Å². The number of fused-ring (bicyclic) bond motifs is 2. The number of benzene rings is 4. The van der Waals surface area contributed by atoms with Gasteiger partial charge in [0.05, 0.1) is 22.1 Å². The third-order valence-corrected chi connectivity index (χ3v) is 5.22. The monoisotopic (exact) mass is 428 g/mol.